The zero-order valence-corrected chi connectivity index (χ0v) is 18.7. The first kappa shape index (κ1) is 23.4. The van der Waals surface area contributed by atoms with Crippen molar-refractivity contribution >= 4 is 23.8 Å². The summed E-state index contributed by atoms with van der Waals surface area (Å²) in [5.41, 5.74) is 0.554. The van der Waals surface area contributed by atoms with Crippen molar-refractivity contribution in [3.63, 3.8) is 0 Å². The molecule has 1 aliphatic heterocycles. The normalized spacial score (nSPS) is 18.6. The standard InChI is InChI=1S/C22H32N4O4/c1-7-25(8-2)19(28)13-24(6)18(27)14-26-20(29)22(5,23-21(26)30)17-11-9-16(10-12-17)15(3)4/h9-12,15H,7-8,13-14H2,1-6H3,(H,23,30)/t22-/m0/s1. The van der Waals surface area contributed by atoms with Gasteiger partial charge in [0.15, 0.2) is 0 Å². The van der Waals surface area contributed by atoms with Gasteiger partial charge in [-0.05, 0) is 37.8 Å². The largest absolute Gasteiger partial charge is 0.342 e. The number of amides is 5. The summed E-state index contributed by atoms with van der Waals surface area (Å²) in [7, 11) is 1.49. The summed E-state index contributed by atoms with van der Waals surface area (Å²) < 4.78 is 0. The molecule has 5 amide bonds. The topological polar surface area (TPSA) is 90.0 Å². The van der Waals surface area contributed by atoms with Crippen molar-refractivity contribution in [2.24, 2.45) is 0 Å². The molecule has 2 rings (SSSR count). The molecule has 0 aliphatic carbocycles. The lowest BCUT2D eigenvalue weighted by Crippen LogP contribution is -2.46. The molecule has 1 saturated heterocycles. The third kappa shape index (κ3) is 4.63. The lowest BCUT2D eigenvalue weighted by atomic mass is 9.90. The third-order valence-corrected chi connectivity index (χ3v) is 5.64. The van der Waals surface area contributed by atoms with E-state index < -0.39 is 29.9 Å². The van der Waals surface area contributed by atoms with Crippen molar-refractivity contribution in [3.05, 3.63) is 35.4 Å². The highest BCUT2D eigenvalue weighted by Gasteiger charge is 2.49. The van der Waals surface area contributed by atoms with Crippen molar-refractivity contribution in [1.82, 2.24) is 20.0 Å². The number of imide groups is 1. The van der Waals surface area contributed by atoms with Crippen molar-refractivity contribution in [1.29, 1.82) is 0 Å². The SMILES string of the molecule is CCN(CC)C(=O)CN(C)C(=O)CN1C(=O)N[C@@](C)(c2ccc(C(C)C)cc2)C1=O. The van der Waals surface area contributed by atoms with Crippen LogP contribution in [0.1, 0.15) is 51.7 Å². The summed E-state index contributed by atoms with van der Waals surface area (Å²) in [6, 6.07) is 6.91. The van der Waals surface area contributed by atoms with Gasteiger partial charge in [-0.15, -0.1) is 0 Å². The average Bonchev–Trinajstić information content (AvgIpc) is 2.92. The summed E-state index contributed by atoms with van der Waals surface area (Å²) in [5.74, 6) is -0.785. The Morgan fingerprint density at radius 3 is 2.13 bits per heavy atom. The van der Waals surface area contributed by atoms with Crippen LogP contribution in [-0.2, 0) is 19.9 Å². The van der Waals surface area contributed by atoms with Crippen LogP contribution in [0, 0.1) is 0 Å². The van der Waals surface area contributed by atoms with Gasteiger partial charge in [0.05, 0.1) is 6.54 Å². The number of benzene rings is 1. The zero-order valence-electron chi connectivity index (χ0n) is 18.7. The summed E-state index contributed by atoms with van der Waals surface area (Å²) >= 11 is 0. The van der Waals surface area contributed by atoms with Crippen molar-refractivity contribution in [2.75, 3.05) is 33.2 Å². The molecule has 0 spiro atoms. The molecule has 1 atom stereocenters. The molecule has 8 heteroatoms. The molecule has 1 fully saturated rings. The Hall–Kier alpha value is -2.90. The summed E-state index contributed by atoms with van der Waals surface area (Å²) in [6.07, 6.45) is 0. The second-order valence-corrected chi connectivity index (χ2v) is 8.04. The first-order chi connectivity index (χ1) is 14.0. The fourth-order valence-corrected chi connectivity index (χ4v) is 3.46. The predicted molar refractivity (Wildman–Crippen MR) is 114 cm³/mol. The molecule has 1 heterocycles. The van der Waals surface area contributed by atoms with Gasteiger partial charge in [-0.25, -0.2) is 4.79 Å². The maximum atomic E-state index is 13.0. The first-order valence-corrected chi connectivity index (χ1v) is 10.3. The number of carbonyl (C=O) groups is 4. The van der Waals surface area contributed by atoms with E-state index in [1.807, 2.05) is 38.1 Å². The average molecular weight is 417 g/mol. The number of rotatable bonds is 8. The van der Waals surface area contributed by atoms with Gasteiger partial charge < -0.3 is 15.1 Å². The molecule has 0 radical (unpaired) electrons. The predicted octanol–water partition coefficient (Wildman–Crippen LogP) is 1.90. The Labute approximate surface area is 178 Å². The molecule has 1 aliphatic rings. The van der Waals surface area contributed by atoms with Gasteiger partial charge in [0.2, 0.25) is 11.8 Å². The minimum absolute atomic E-state index is 0.0991. The van der Waals surface area contributed by atoms with Crippen LogP contribution in [-0.4, -0.2) is 71.7 Å². The van der Waals surface area contributed by atoms with E-state index in [0.717, 1.165) is 10.5 Å². The van der Waals surface area contributed by atoms with Crippen LogP contribution < -0.4 is 5.32 Å². The van der Waals surface area contributed by atoms with Gasteiger partial charge in [0, 0.05) is 20.1 Å². The zero-order chi connectivity index (χ0) is 22.6. The maximum Gasteiger partial charge on any atom is 0.325 e. The van der Waals surface area contributed by atoms with Gasteiger partial charge in [-0.3, -0.25) is 19.3 Å². The van der Waals surface area contributed by atoms with Gasteiger partial charge in [-0.2, -0.15) is 0 Å². The van der Waals surface area contributed by atoms with Gasteiger partial charge in [-0.1, -0.05) is 38.1 Å². The van der Waals surface area contributed by atoms with Gasteiger partial charge in [0.1, 0.15) is 12.1 Å². The molecule has 1 aromatic rings. The Morgan fingerprint density at radius 2 is 1.63 bits per heavy atom. The Kier molecular flexibility index (Phi) is 7.23. The quantitative estimate of drug-likeness (QED) is 0.656. The molecule has 164 valence electrons. The van der Waals surface area contributed by atoms with E-state index in [1.54, 1.807) is 11.8 Å². The van der Waals surface area contributed by atoms with Crippen molar-refractivity contribution in [3.8, 4) is 0 Å². The smallest absolute Gasteiger partial charge is 0.325 e. The van der Waals surface area contributed by atoms with Crippen LogP contribution in [0.15, 0.2) is 24.3 Å². The first-order valence-electron chi connectivity index (χ1n) is 10.3. The van der Waals surface area contributed by atoms with Crippen LogP contribution in [0.3, 0.4) is 0 Å². The minimum Gasteiger partial charge on any atom is -0.342 e. The van der Waals surface area contributed by atoms with E-state index in [9.17, 15) is 19.2 Å². The number of urea groups is 1. The summed E-state index contributed by atoms with van der Waals surface area (Å²) in [6.45, 7) is 10.1. The summed E-state index contributed by atoms with van der Waals surface area (Å²) in [4.78, 5) is 54.1. The van der Waals surface area contributed by atoms with Crippen molar-refractivity contribution < 1.29 is 19.2 Å². The second kappa shape index (κ2) is 9.28. The monoisotopic (exact) mass is 416 g/mol. The van der Waals surface area contributed by atoms with E-state index in [0.29, 0.717) is 24.6 Å². The van der Waals surface area contributed by atoms with Crippen LogP contribution in [0.25, 0.3) is 0 Å². The van der Waals surface area contributed by atoms with E-state index in [2.05, 4.69) is 19.2 Å². The molecule has 1 aromatic carbocycles. The number of likely N-dealkylation sites (N-methyl/N-ethyl adjacent to an activating group) is 2. The summed E-state index contributed by atoms with van der Waals surface area (Å²) in [5, 5.41) is 2.71. The fourth-order valence-electron chi connectivity index (χ4n) is 3.46. The highest BCUT2D eigenvalue weighted by Crippen LogP contribution is 2.29. The second-order valence-electron chi connectivity index (χ2n) is 8.04. The number of nitrogens with zero attached hydrogens (tertiary/aromatic N) is 3. The molecular formula is C22H32N4O4. The van der Waals surface area contributed by atoms with Gasteiger partial charge >= 0.3 is 6.03 Å². The molecule has 0 bridgehead atoms. The Bertz CT molecular complexity index is 817. The number of hydrogen-bond donors (Lipinski definition) is 1. The molecular weight excluding hydrogens is 384 g/mol. The molecule has 8 nitrogen and oxygen atoms in total. The number of nitrogens with one attached hydrogen (secondary N) is 1. The Morgan fingerprint density at radius 1 is 1.07 bits per heavy atom. The lowest BCUT2D eigenvalue weighted by molar-refractivity contribution is -0.141. The van der Waals surface area contributed by atoms with E-state index in [-0.39, 0.29) is 12.5 Å². The lowest BCUT2D eigenvalue weighted by Gasteiger charge is -2.25. The third-order valence-electron chi connectivity index (χ3n) is 5.64. The van der Waals surface area contributed by atoms with Crippen LogP contribution in [0.5, 0.6) is 0 Å². The maximum absolute atomic E-state index is 13.0. The molecule has 0 aromatic heterocycles. The highest BCUT2D eigenvalue weighted by molar-refractivity contribution is 6.09. The van der Waals surface area contributed by atoms with E-state index >= 15 is 0 Å². The minimum atomic E-state index is -1.23. The highest BCUT2D eigenvalue weighted by atomic mass is 16.2. The molecule has 0 unspecified atom stereocenters. The van der Waals surface area contributed by atoms with Crippen molar-refractivity contribution in [2.45, 2.75) is 46.1 Å². The number of hydrogen-bond acceptors (Lipinski definition) is 4. The van der Waals surface area contributed by atoms with Gasteiger partial charge in [0.25, 0.3) is 5.91 Å². The van der Waals surface area contributed by atoms with E-state index in [1.165, 1.54) is 11.9 Å². The fraction of sp³-hybridized carbons (Fsp3) is 0.545. The Balaban J connectivity index is 2.10. The van der Waals surface area contributed by atoms with Crippen LogP contribution in [0.2, 0.25) is 0 Å². The van der Waals surface area contributed by atoms with Crippen LogP contribution in [0.4, 0.5) is 4.79 Å². The van der Waals surface area contributed by atoms with Crippen LogP contribution >= 0.6 is 0 Å². The van der Waals surface area contributed by atoms with E-state index in [4.69, 9.17) is 0 Å². The number of carbonyl (C=O) groups excluding carboxylic acids is 4. The molecule has 30 heavy (non-hydrogen) atoms. The molecule has 1 N–H and O–H groups in total. The molecule has 0 saturated carbocycles.